The lowest BCUT2D eigenvalue weighted by Gasteiger charge is -2.43. The molecule has 0 spiro atoms. The van der Waals surface area contributed by atoms with E-state index in [-0.39, 0.29) is 13.2 Å². The highest BCUT2D eigenvalue weighted by atomic mass is 19.4. The monoisotopic (exact) mass is 312 g/mol. The fraction of sp³-hybridized carbons (Fsp3) is 0.889. The van der Waals surface area contributed by atoms with E-state index in [0.717, 1.165) is 0 Å². The van der Waals surface area contributed by atoms with Crippen LogP contribution < -0.4 is 0 Å². The number of halogens is 8. The summed E-state index contributed by atoms with van der Waals surface area (Å²) in [5.74, 6) is -20.1. The molecule has 1 saturated heterocycles. The summed E-state index contributed by atoms with van der Waals surface area (Å²) in [6.07, 6.45) is 0. The molecule has 1 fully saturated rings. The van der Waals surface area contributed by atoms with Gasteiger partial charge in [0.25, 0.3) is 0 Å². The van der Waals surface area contributed by atoms with Gasteiger partial charge in [-0.25, -0.2) is 0 Å². The molecule has 0 aromatic rings. The smallest absolute Gasteiger partial charge is 0.378 e. The van der Waals surface area contributed by atoms with Crippen molar-refractivity contribution in [2.75, 3.05) is 26.3 Å². The van der Waals surface area contributed by atoms with E-state index in [1.165, 1.54) is 0 Å². The Kier molecular flexibility index (Phi) is 3.19. The van der Waals surface area contributed by atoms with Crippen LogP contribution in [0.3, 0.4) is 0 Å². The van der Waals surface area contributed by atoms with Crippen molar-refractivity contribution in [3.8, 4) is 0 Å². The number of ether oxygens (including phenoxy) is 1. The summed E-state index contributed by atoms with van der Waals surface area (Å²) in [4.78, 5) is 2.32. The molecule has 2 aliphatic rings. The number of morpholine rings is 1. The van der Waals surface area contributed by atoms with Crippen LogP contribution in [0.2, 0.25) is 0 Å². The molecule has 0 saturated carbocycles. The molecule has 116 valence electrons. The van der Waals surface area contributed by atoms with Crippen molar-refractivity contribution in [2.24, 2.45) is 4.99 Å². The van der Waals surface area contributed by atoms with Crippen LogP contribution in [0.5, 0.6) is 0 Å². The highest BCUT2D eigenvalue weighted by Crippen LogP contribution is 2.57. The SMILES string of the molecule is FC1(F)N=C(N2CCOCC2)C(F)(F)C(F)(F)C1(F)F. The first-order valence-corrected chi connectivity index (χ1v) is 5.39. The Morgan fingerprint density at radius 3 is 1.85 bits per heavy atom. The van der Waals surface area contributed by atoms with Crippen LogP contribution in [-0.4, -0.2) is 60.9 Å². The fourth-order valence-corrected chi connectivity index (χ4v) is 1.84. The van der Waals surface area contributed by atoms with E-state index in [4.69, 9.17) is 4.74 Å². The molecular formula is C9H8F8N2O. The number of nitrogens with zero attached hydrogens (tertiary/aromatic N) is 2. The summed E-state index contributed by atoms with van der Waals surface area (Å²) in [5.41, 5.74) is 0. The number of alkyl halides is 8. The molecule has 2 aliphatic heterocycles. The zero-order chi connectivity index (χ0) is 15.4. The van der Waals surface area contributed by atoms with Gasteiger partial charge in [-0.15, -0.1) is 0 Å². The molecule has 0 aromatic heterocycles. The third kappa shape index (κ3) is 1.78. The minimum atomic E-state index is -6.28. The van der Waals surface area contributed by atoms with Gasteiger partial charge in [-0.2, -0.15) is 40.1 Å². The molecule has 0 bridgehead atoms. The average molecular weight is 312 g/mol. The van der Waals surface area contributed by atoms with Gasteiger partial charge in [-0.05, 0) is 0 Å². The molecule has 2 heterocycles. The van der Waals surface area contributed by atoms with Crippen LogP contribution in [0.15, 0.2) is 4.99 Å². The predicted molar refractivity (Wildman–Crippen MR) is 49.6 cm³/mol. The van der Waals surface area contributed by atoms with E-state index < -0.39 is 42.7 Å². The maximum absolute atomic E-state index is 13.5. The van der Waals surface area contributed by atoms with Crippen LogP contribution in [0, 0.1) is 0 Å². The molecule has 11 heteroatoms. The minimum Gasteiger partial charge on any atom is -0.378 e. The Labute approximate surface area is 107 Å². The Morgan fingerprint density at radius 1 is 0.850 bits per heavy atom. The van der Waals surface area contributed by atoms with E-state index in [1.807, 2.05) is 4.99 Å². The Hall–Kier alpha value is -1.13. The molecule has 0 atom stereocenters. The fourth-order valence-electron chi connectivity index (χ4n) is 1.84. The van der Waals surface area contributed by atoms with E-state index in [0.29, 0.717) is 4.90 Å². The standard InChI is InChI=1S/C9H8F8N2O/c10-6(11)5(19-1-3-20-4-2-19)18-9(16,17)8(14,15)7(6,12)13/h1-4H2. The minimum absolute atomic E-state index is 0.192. The second kappa shape index (κ2) is 4.18. The van der Waals surface area contributed by atoms with Gasteiger partial charge in [0.05, 0.1) is 13.2 Å². The summed E-state index contributed by atoms with van der Waals surface area (Å²) < 4.78 is 110. The number of aliphatic imine (C=N–C) groups is 1. The summed E-state index contributed by atoms with van der Waals surface area (Å²) >= 11 is 0. The van der Waals surface area contributed by atoms with Crippen molar-refractivity contribution >= 4 is 5.84 Å². The van der Waals surface area contributed by atoms with E-state index in [9.17, 15) is 35.1 Å². The topological polar surface area (TPSA) is 24.8 Å². The third-order valence-corrected chi connectivity index (χ3v) is 3.00. The third-order valence-electron chi connectivity index (χ3n) is 3.00. The summed E-state index contributed by atoms with van der Waals surface area (Å²) in [7, 11) is 0. The Balaban J connectivity index is 2.53. The van der Waals surface area contributed by atoms with Crippen LogP contribution in [0.25, 0.3) is 0 Å². The lowest BCUT2D eigenvalue weighted by molar-refractivity contribution is -0.359. The van der Waals surface area contributed by atoms with Crippen molar-refractivity contribution in [2.45, 2.75) is 23.8 Å². The summed E-state index contributed by atoms with van der Waals surface area (Å²) in [6, 6.07) is -5.62. The molecule has 0 aromatic carbocycles. The molecular weight excluding hydrogens is 304 g/mol. The number of hydrogen-bond donors (Lipinski definition) is 0. The van der Waals surface area contributed by atoms with Gasteiger partial charge in [0, 0.05) is 13.1 Å². The summed E-state index contributed by atoms with van der Waals surface area (Å²) in [5, 5.41) is 0. The van der Waals surface area contributed by atoms with E-state index in [2.05, 4.69) is 0 Å². The van der Waals surface area contributed by atoms with Crippen molar-refractivity contribution in [1.82, 2.24) is 4.90 Å². The average Bonchev–Trinajstić information content (AvgIpc) is 2.35. The Morgan fingerprint density at radius 2 is 1.35 bits per heavy atom. The number of amidine groups is 1. The molecule has 0 amide bonds. The molecule has 20 heavy (non-hydrogen) atoms. The van der Waals surface area contributed by atoms with Gasteiger partial charge in [-0.3, -0.25) is 0 Å². The lowest BCUT2D eigenvalue weighted by Crippen LogP contribution is -2.70. The maximum atomic E-state index is 13.5. The number of rotatable bonds is 0. The zero-order valence-corrected chi connectivity index (χ0v) is 9.65. The second-order valence-corrected chi connectivity index (χ2v) is 4.30. The van der Waals surface area contributed by atoms with Crippen molar-refractivity contribution in [3.63, 3.8) is 0 Å². The van der Waals surface area contributed by atoms with Crippen LogP contribution >= 0.6 is 0 Å². The van der Waals surface area contributed by atoms with Gasteiger partial charge in [0.15, 0.2) is 5.84 Å². The molecule has 0 N–H and O–H groups in total. The quantitative estimate of drug-likeness (QED) is 0.506. The lowest BCUT2D eigenvalue weighted by atomic mass is 9.97. The Bertz CT molecular complexity index is 430. The van der Waals surface area contributed by atoms with Crippen molar-refractivity contribution in [1.29, 1.82) is 0 Å². The van der Waals surface area contributed by atoms with Gasteiger partial charge >= 0.3 is 23.8 Å². The van der Waals surface area contributed by atoms with Gasteiger partial charge in [-0.1, -0.05) is 0 Å². The number of hydrogen-bond acceptors (Lipinski definition) is 3. The van der Waals surface area contributed by atoms with Gasteiger partial charge in [0.1, 0.15) is 0 Å². The molecule has 0 unspecified atom stereocenters. The van der Waals surface area contributed by atoms with Crippen molar-refractivity contribution in [3.05, 3.63) is 0 Å². The van der Waals surface area contributed by atoms with E-state index >= 15 is 0 Å². The zero-order valence-electron chi connectivity index (χ0n) is 9.65. The highest BCUT2D eigenvalue weighted by Gasteiger charge is 2.85. The normalized spacial score (nSPS) is 30.8. The molecule has 2 rings (SSSR count). The highest BCUT2D eigenvalue weighted by molar-refractivity contribution is 5.91. The van der Waals surface area contributed by atoms with Gasteiger partial charge in [0.2, 0.25) is 0 Å². The van der Waals surface area contributed by atoms with Crippen molar-refractivity contribution < 1.29 is 39.9 Å². The largest absolute Gasteiger partial charge is 0.413 e. The van der Waals surface area contributed by atoms with Crippen LogP contribution in [0.1, 0.15) is 0 Å². The van der Waals surface area contributed by atoms with Gasteiger partial charge < -0.3 is 9.64 Å². The second-order valence-electron chi connectivity index (χ2n) is 4.30. The summed E-state index contributed by atoms with van der Waals surface area (Å²) in [6.45, 7) is -1.23. The van der Waals surface area contributed by atoms with Crippen LogP contribution in [0.4, 0.5) is 35.1 Å². The maximum Gasteiger partial charge on any atom is 0.413 e. The first-order chi connectivity index (χ1) is 8.95. The first kappa shape index (κ1) is 15.3. The van der Waals surface area contributed by atoms with E-state index in [1.54, 1.807) is 0 Å². The first-order valence-electron chi connectivity index (χ1n) is 5.39. The molecule has 0 radical (unpaired) electrons. The molecule has 3 nitrogen and oxygen atoms in total. The predicted octanol–water partition coefficient (Wildman–Crippen LogP) is 2.23. The van der Waals surface area contributed by atoms with Crippen LogP contribution in [-0.2, 0) is 4.74 Å². The molecule has 0 aliphatic carbocycles.